The first-order chi connectivity index (χ1) is 7.10. The highest BCUT2D eigenvalue weighted by Gasteiger charge is 2.17. The molecular formula is C9H6ClF3N2. The van der Waals surface area contributed by atoms with Crippen LogP contribution < -0.4 is 0 Å². The van der Waals surface area contributed by atoms with E-state index in [2.05, 4.69) is 4.98 Å². The number of hydrogen-bond donors (Lipinski definition) is 0. The first-order valence-corrected chi connectivity index (χ1v) is 4.52. The number of rotatable bonds is 3. The molecule has 0 atom stereocenters. The van der Waals surface area contributed by atoms with E-state index in [1.54, 1.807) is 6.07 Å². The van der Waals surface area contributed by atoms with E-state index in [4.69, 9.17) is 16.9 Å². The van der Waals surface area contributed by atoms with Gasteiger partial charge in [0.25, 0.3) is 6.43 Å². The van der Waals surface area contributed by atoms with Crippen LogP contribution in [0.5, 0.6) is 0 Å². The van der Waals surface area contributed by atoms with E-state index in [0.717, 1.165) is 6.07 Å². The Kier molecular flexibility index (Phi) is 3.92. The molecule has 80 valence electrons. The molecule has 15 heavy (non-hydrogen) atoms. The lowest BCUT2D eigenvalue weighted by molar-refractivity contribution is 0.145. The van der Waals surface area contributed by atoms with Crippen LogP contribution in [-0.4, -0.2) is 4.98 Å². The third kappa shape index (κ3) is 2.60. The van der Waals surface area contributed by atoms with Crippen LogP contribution in [0.1, 0.15) is 23.2 Å². The molecule has 1 heterocycles. The molecule has 2 nitrogen and oxygen atoms in total. The summed E-state index contributed by atoms with van der Waals surface area (Å²) in [6.45, 7) is 0. The van der Waals surface area contributed by atoms with Gasteiger partial charge in [-0.05, 0) is 11.6 Å². The summed E-state index contributed by atoms with van der Waals surface area (Å²) in [6, 6.07) is 2.72. The summed E-state index contributed by atoms with van der Waals surface area (Å²) in [5.74, 6) is -1.35. The largest absolute Gasteiger partial charge is 0.268 e. The van der Waals surface area contributed by atoms with Crippen LogP contribution >= 0.6 is 11.6 Å². The molecule has 1 aromatic rings. The van der Waals surface area contributed by atoms with Crippen LogP contribution in [0.2, 0.25) is 0 Å². The van der Waals surface area contributed by atoms with E-state index in [9.17, 15) is 13.2 Å². The molecule has 0 aliphatic carbocycles. The Morgan fingerprint density at radius 3 is 2.67 bits per heavy atom. The van der Waals surface area contributed by atoms with E-state index in [-0.39, 0.29) is 23.6 Å². The van der Waals surface area contributed by atoms with E-state index in [1.807, 2.05) is 0 Å². The summed E-state index contributed by atoms with van der Waals surface area (Å²) in [5, 5.41) is 8.44. The number of nitriles is 1. The summed E-state index contributed by atoms with van der Waals surface area (Å²) in [4.78, 5) is 3.30. The van der Waals surface area contributed by atoms with Crippen molar-refractivity contribution in [1.82, 2.24) is 4.98 Å². The summed E-state index contributed by atoms with van der Waals surface area (Å²) < 4.78 is 37.6. The van der Waals surface area contributed by atoms with Crippen LogP contribution in [0.3, 0.4) is 0 Å². The summed E-state index contributed by atoms with van der Waals surface area (Å²) in [5.41, 5.74) is -0.432. The molecule has 0 aromatic carbocycles. The number of nitrogens with zero attached hydrogens (tertiary/aromatic N) is 2. The Bertz CT molecular complexity index is 401. The minimum Gasteiger partial charge on any atom is -0.223 e. The lowest BCUT2D eigenvalue weighted by Crippen LogP contribution is -2.03. The molecule has 0 N–H and O–H groups in total. The fourth-order valence-corrected chi connectivity index (χ4v) is 1.32. The van der Waals surface area contributed by atoms with Crippen molar-refractivity contribution in [3.05, 3.63) is 28.8 Å². The van der Waals surface area contributed by atoms with Crippen molar-refractivity contribution in [2.75, 3.05) is 0 Å². The van der Waals surface area contributed by atoms with Gasteiger partial charge in [-0.25, -0.2) is 13.8 Å². The van der Waals surface area contributed by atoms with Crippen molar-refractivity contribution in [3.8, 4) is 6.07 Å². The maximum atomic E-state index is 13.0. The average molecular weight is 235 g/mol. The van der Waals surface area contributed by atoms with Crippen molar-refractivity contribution in [3.63, 3.8) is 0 Å². The van der Waals surface area contributed by atoms with Gasteiger partial charge in [-0.2, -0.15) is 9.65 Å². The minimum atomic E-state index is -2.95. The Labute approximate surface area is 89.3 Å². The van der Waals surface area contributed by atoms with E-state index in [0.29, 0.717) is 0 Å². The number of aromatic nitrogens is 1. The fourth-order valence-electron chi connectivity index (χ4n) is 1.09. The zero-order chi connectivity index (χ0) is 11.4. The second-order valence-corrected chi connectivity index (χ2v) is 3.01. The molecule has 0 saturated heterocycles. The zero-order valence-corrected chi connectivity index (χ0v) is 8.23. The first kappa shape index (κ1) is 11.8. The molecule has 0 aliphatic heterocycles. The van der Waals surface area contributed by atoms with Gasteiger partial charge in [0.1, 0.15) is 0 Å². The Balaban J connectivity index is 3.25. The predicted octanol–water partition coefficient (Wildman–Crippen LogP) is 2.96. The highest BCUT2D eigenvalue weighted by molar-refractivity contribution is 6.17. The molecule has 0 saturated carbocycles. The third-order valence-electron chi connectivity index (χ3n) is 1.80. The highest BCUT2D eigenvalue weighted by Crippen LogP contribution is 2.24. The maximum absolute atomic E-state index is 13.0. The van der Waals surface area contributed by atoms with Gasteiger partial charge in [0, 0.05) is 0 Å². The van der Waals surface area contributed by atoms with Gasteiger partial charge in [0.2, 0.25) is 5.95 Å². The quantitative estimate of drug-likeness (QED) is 0.596. The highest BCUT2D eigenvalue weighted by atomic mass is 35.5. The van der Waals surface area contributed by atoms with Crippen molar-refractivity contribution >= 4 is 11.6 Å². The lowest BCUT2D eigenvalue weighted by Gasteiger charge is -2.07. The van der Waals surface area contributed by atoms with Gasteiger partial charge < -0.3 is 0 Å². The Hall–Kier alpha value is -1.28. The molecule has 0 spiro atoms. The second kappa shape index (κ2) is 4.99. The first-order valence-electron chi connectivity index (χ1n) is 3.99. The van der Waals surface area contributed by atoms with Gasteiger partial charge in [-0.1, -0.05) is 0 Å². The standard InChI is InChI=1S/C9H6ClF3N2/c10-4-7-5(1-2-14)3-6(8(11)12)9(13)15-7/h3,8H,1,4H2. The van der Waals surface area contributed by atoms with Crippen molar-refractivity contribution < 1.29 is 13.2 Å². The van der Waals surface area contributed by atoms with Crippen LogP contribution in [0, 0.1) is 17.3 Å². The monoisotopic (exact) mass is 234 g/mol. The van der Waals surface area contributed by atoms with Gasteiger partial charge in [-0.15, -0.1) is 11.6 Å². The molecule has 1 rings (SSSR count). The maximum Gasteiger partial charge on any atom is 0.268 e. The van der Waals surface area contributed by atoms with E-state index >= 15 is 0 Å². The molecule has 0 radical (unpaired) electrons. The predicted molar refractivity (Wildman–Crippen MR) is 48.0 cm³/mol. The number of alkyl halides is 3. The molecular weight excluding hydrogens is 229 g/mol. The van der Waals surface area contributed by atoms with Crippen molar-refractivity contribution in [2.45, 2.75) is 18.7 Å². The molecule has 0 unspecified atom stereocenters. The van der Waals surface area contributed by atoms with Gasteiger partial charge in [0.05, 0.1) is 29.6 Å². The second-order valence-electron chi connectivity index (χ2n) is 2.74. The number of hydrogen-bond acceptors (Lipinski definition) is 2. The molecule has 0 aliphatic rings. The summed E-state index contributed by atoms with van der Waals surface area (Å²) in [7, 11) is 0. The number of halogens is 4. The average Bonchev–Trinajstić information content (AvgIpc) is 2.20. The van der Waals surface area contributed by atoms with Crippen molar-refractivity contribution in [2.24, 2.45) is 0 Å². The fraction of sp³-hybridized carbons (Fsp3) is 0.333. The molecule has 0 fully saturated rings. The topological polar surface area (TPSA) is 36.7 Å². The lowest BCUT2D eigenvalue weighted by atomic mass is 10.1. The minimum absolute atomic E-state index is 0.114. The van der Waals surface area contributed by atoms with Crippen molar-refractivity contribution in [1.29, 1.82) is 5.26 Å². The third-order valence-corrected chi connectivity index (χ3v) is 2.06. The zero-order valence-electron chi connectivity index (χ0n) is 7.48. The molecule has 1 aromatic heterocycles. The SMILES string of the molecule is N#CCc1cc(C(F)F)c(F)nc1CCl. The van der Waals surface area contributed by atoms with Gasteiger partial charge in [-0.3, -0.25) is 0 Å². The normalized spacial score (nSPS) is 10.4. The van der Waals surface area contributed by atoms with Gasteiger partial charge >= 0.3 is 0 Å². The smallest absolute Gasteiger partial charge is 0.223 e. The molecule has 6 heteroatoms. The van der Waals surface area contributed by atoms with E-state index < -0.39 is 17.9 Å². The van der Waals surface area contributed by atoms with Gasteiger partial charge in [0.15, 0.2) is 0 Å². The van der Waals surface area contributed by atoms with Crippen LogP contribution in [-0.2, 0) is 12.3 Å². The Morgan fingerprint density at radius 1 is 1.53 bits per heavy atom. The molecule has 0 bridgehead atoms. The Morgan fingerprint density at radius 2 is 2.20 bits per heavy atom. The van der Waals surface area contributed by atoms with Crippen LogP contribution in [0.25, 0.3) is 0 Å². The van der Waals surface area contributed by atoms with Crippen LogP contribution in [0.15, 0.2) is 6.07 Å². The van der Waals surface area contributed by atoms with Crippen LogP contribution in [0.4, 0.5) is 13.2 Å². The number of pyridine rings is 1. The summed E-state index contributed by atoms with van der Waals surface area (Å²) in [6.07, 6.45) is -3.06. The van der Waals surface area contributed by atoms with E-state index in [1.165, 1.54) is 0 Å². The molecule has 0 amide bonds. The summed E-state index contributed by atoms with van der Waals surface area (Å²) >= 11 is 5.45.